The summed E-state index contributed by atoms with van der Waals surface area (Å²) in [5.74, 6) is 0.779. The highest BCUT2D eigenvalue weighted by Crippen LogP contribution is 2.19. The van der Waals surface area contributed by atoms with Crippen LogP contribution in [0.15, 0.2) is 12.2 Å². The SMILES string of the molecule is OCCN(CCN1CCOCC1)CC1CC=CCC1. The molecule has 1 saturated heterocycles. The maximum atomic E-state index is 9.21. The molecule has 0 amide bonds. The van der Waals surface area contributed by atoms with E-state index in [1.54, 1.807) is 0 Å². The molecule has 1 N–H and O–H groups in total. The van der Waals surface area contributed by atoms with E-state index in [9.17, 15) is 5.11 Å². The van der Waals surface area contributed by atoms with E-state index in [0.717, 1.165) is 58.4 Å². The van der Waals surface area contributed by atoms with Gasteiger partial charge in [-0.15, -0.1) is 0 Å². The normalized spacial score (nSPS) is 25.1. The number of rotatable bonds is 7. The first kappa shape index (κ1) is 15.0. The minimum Gasteiger partial charge on any atom is -0.395 e. The fourth-order valence-electron chi connectivity index (χ4n) is 2.93. The van der Waals surface area contributed by atoms with E-state index in [1.165, 1.54) is 19.3 Å². The van der Waals surface area contributed by atoms with Gasteiger partial charge in [-0.2, -0.15) is 0 Å². The van der Waals surface area contributed by atoms with Gasteiger partial charge in [-0.3, -0.25) is 9.80 Å². The van der Waals surface area contributed by atoms with Crippen LogP contribution in [0.2, 0.25) is 0 Å². The van der Waals surface area contributed by atoms with Crippen molar-refractivity contribution in [2.45, 2.75) is 19.3 Å². The van der Waals surface area contributed by atoms with Gasteiger partial charge in [0, 0.05) is 39.3 Å². The molecule has 1 fully saturated rings. The molecule has 2 rings (SSSR count). The van der Waals surface area contributed by atoms with Crippen molar-refractivity contribution < 1.29 is 9.84 Å². The Morgan fingerprint density at radius 2 is 2.05 bits per heavy atom. The van der Waals surface area contributed by atoms with Crippen LogP contribution in [-0.4, -0.2) is 74.0 Å². The lowest BCUT2D eigenvalue weighted by Crippen LogP contribution is -2.43. The average molecular weight is 268 g/mol. The van der Waals surface area contributed by atoms with Gasteiger partial charge in [-0.25, -0.2) is 0 Å². The van der Waals surface area contributed by atoms with Crippen LogP contribution in [0, 0.1) is 5.92 Å². The van der Waals surface area contributed by atoms with Crippen molar-refractivity contribution in [1.82, 2.24) is 9.80 Å². The van der Waals surface area contributed by atoms with Gasteiger partial charge in [0.25, 0.3) is 0 Å². The summed E-state index contributed by atoms with van der Waals surface area (Å²) >= 11 is 0. The number of aliphatic hydroxyl groups excluding tert-OH is 1. The van der Waals surface area contributed by atoms with E-state index in [2.05, 4.69) is 22.0 Å². The van der Waals surface area contributed by atoms with Crippen LogP contribution in [0.3, 0.4) is 0 Å². The minimum atomic E-state index is 0.270. The lowest BCUT2D eigenvalue weighted by molar-refractivity contribution is 0.0314. The van der Waals surface area contributed by atoms with Crippen molar-refractivity contribution >= 4 is 0 Å². The lowest BCUT2D eigenvalue weighted by atomic mass is 9.94. The molecule has 0 aromatic rings. The summed E-state index contributed by atoms with van der Waals surface area (Å²) in [4.78, 5) is 4.90. The number of ether oxygens (including phenoxy) is 1. The lowest BCUT2D eigenvalue weighted by Gasteiger charge is -2.32. The zero-order valence-corrected chi connectivity index (χ0v) is 12.0. The Bertz CT molecular complexity index is 265. The quantitative estimate of drug-likeness (QED) is 0.698. The molecule has 1 aliphatic carbocycles. The van der Waals surface area contributed by atoms with E-state index in [4.69, 9.17) is 4.74 Å². The number of morpholine rings is 1. The number of hydrogen-bond acceptors (Lipinski definition) is 4. The highest BCUT2D eigenvalue weighted by molar-refractivity contribution is 4.90. The molecule has 1 unspecified atom stereocenters. The fraction of sp³-hybridized carbons (Fsp3) is 0.867. The highest BCUT2D eigenvalue weighted by atomic mass is 16.5. The molecule has 4 heteroatoms. The van der Waals surface area contributed by atoms with Gasteiger partial charge in [-0.05, 0) is 25.2 Å². The first-order chi connectivity index (χ1) is 9.38. The number of allylic oxidation sites excluding steroid dienone is 2. The Kier molecular flexibility index (Phi) is 6.85. The average Bonchev–Trinajstić information content (AvgIpc) is 2.47. The predicted molar refractivity (Wildman–Crippen MR) is 77.3 cm³/mol. The van der Waals surface area contributed by atoms with Gasteiger partial charge < -0.3 is 9.84 Å². The van der Waals surface area contributed by atoms with Gasteiger partial charge in [0.15, 0.2) is 0 Å². The van der Waals surface area contributed by atoms with Crippen molar-refractivity contribution in [3.63, 3.8) is 0 Å². The molecule has 19 heavy (non-hydrogen) atoms. The van der Waals surface area contributed by atoms with Crippen LogP contribution in [0.4, 0.5) is 0 Å². The second-order valence-corrected chi connectivity index (χ2v) is 5.63. The van der Waals surface area contributed by atoms with E-state index in [1.807, 2.05) is 0 Å². The summed E-state index contributed by atoms with van der Waals surface area (Å²) < 4.78 is 5.37. The van der Waals surface area contributed by atoms with Gasteiger partial charge >= 0.3 is 0 Å². The Morgan fingerprint density at radius 3 is 2.74 bits per heavy atom. The zero-order valence-electron chi connectivity index (χ0n) is 12.0. The first-order valence-electron chi connectivity index (χ1n) is 7.67. The molecular formula is C15H28N2O2. The smallest absolute Gasteiger partial charge is 0.0594 e. The molecule has 1 atom stereocenters. The topological polar surface area (TPSA) is 35.9 Å². The third kappa shape index (κ3) is 5.61. The Labute approximate surface area is 117 Å². The van der Waals surface area contributed by atoms with Gasteiger partial charge in [-0.1, -0.05) is 12.2 Å². The Morgan fingerprint density at radius 1 is 1.21 bits per heavy atom. The second kappa shape index (κ2) is 8.69. The molecule has 0 saturated carbocycles. The van der Waals surface area contributed by atoms with E-state index < -0.39 is 0 Å². The molecule has 1 aliphatic heterocycles. The van der Waals surface area contributed by atoms with Gasteiger partial charge in [0.1, 0.15) is 0 Å². The number of hydrogen-bond donors (Lipinski definition) is 1. The van der Waals surface area contributed by atoms with E-state index in [-0.39, 0.29) is 6.61 Å². The van der Waals surface area contributed by atoms with Crippen molar-refractivity contribution in [3.05, 3.63) is 12.2 Å². The summed E-state index contributed by atoms with van der Waals surface area (Å²) in [7, 11) is 0. The maximum absolute atomic E-state index is 9.21. The van der Waals surface area contributed by atoms with Crippen LogP contribution >= 0.6 is 0 Å². The Hall–Kier alpha value is -0.420. The summed E-state index contributed by atoms with van der Waals surface area (Å²) in [5.41, 5.74) is 0. The molecule has 2 aliphatic rings. The summed E-state index contributed by atoms with van der Waals surface area (Å²) in [6, 6.07) is 0. The molecule has 0 spiro atoms. The number of aliphatic hydroxyl groups is 1. The predicted octanol–water partition coefficient (Wildman–Crippen LogP) is 0.969. The van der Waals surface area contributed by atoms with Gasteiger partial charge in [0.05, 0.1) is 19.8 Å². The Balaban J connectivity index is 1.70. The molecule has 4 nitrogen and oxygen atoms in total. The largest absolute Gasteiger partial charge is 0.395 e. The molecule has 0 aromatic carbocycles. The summed E-state index contributed by atoms with van der Waals surface area (Å²) in [5, 5.41) is 9.21. The maximum Gasteiger partial charge on any atom is 0.0594 e. The molecule has 0 bridgehead atoms. The molecular weight excluding hydrogens is 240 g/mol. The van der Waals surface area contributed by atoms with Crippen LogP contribution in [-0.2, 0) is 4.74 Å². The number of nitrogens with zero attached hydrogens (tertiary/aromatic N) is 2. The molecule has 0 aromatic heterocycles. The summed E-state index contributed by atoms with van der Waals surface area (Å²) in [6.45, 7) is 8.23. The third-order valence-corrected chi connectivity index (χ3v) is 4.15. The van der Waals surface area contributed by atoms with Gasteiger partial charge in [0.2, 0.25) is 0 Å². The monoisotopic (exact) mass is 268 g/mol. The summed E-state index contributed by atoms with van der Waals surface area (Å²) in [6.07, 6.45) is 8.34. The van der Waals surface area contributed by atoms with Crippen LogP contribution in [0.25, 0.3) is 0 Å². The molecule has 110 valence electrons. The van der Waals surface area contributed by atoms with Crippen LogP contribution in [0.1, 0.15) is 19.3 Å². The van der Waals surface area contributed by atoms with Crippen molar-refractivity contribution in [1.29, 1.82) is 0 Å². The standard InChI is InChI=1S/C15H28N2O2/c18-11-8-17(14-15-4-2-1-3-5-15)7-6-16-9-12-19-13-10-16/h1-2,15,18H,3-14H2. The van der Waals surface area contributed by atoms with Crippen LogP contribution in [0.5, 0.6) is 0 Å². The third-order valence-electron chi connectivity index (χ3n) is 4.15. The first-order valence-corrected chi connectivity index (χ1v) is 7.67. The van der Waals surface area contributed by atoms with Crippen molar-refractivity contribution in [3.8, 4) is 0 Å². The van der Waals surface area contributed by atoms with Crippen molar-refractivity contribution in [2.75, 3.05) is 59.1 Å². The molecule has 0 radical (unpaired) electrons. The second-order valence-electron chi connectivity index (χ2n) is 5.63. The van der Waals surface area contributed by atoms with Crippen molar-refractivity contribution in [2.24, 2.45) is 5.92 Å². The van der Waals surface area contributed by atoms with E-state index in [0.29, 0.717) is 0 Å². The molecule has 1 heterocycles. The minimum absolute atomic E-state index is 0.270. The fourth-order valence-corrected chi connectivity index (χ4v) is 2.93. The van der Waals surface area contributed by atoms with Crippen LogP contribution < -0.4 is 0 Å². The highest BCUT2D eigenvalue weighted by Gasteiger charge is 2.16. The zero-order chi connectivity index (χ0) is 13.3. The van der Waals surface area contributed by atoms with E-state index >= 15 is 0 Å².